The number of halogens is 1. The molecule has 4 rings (SSSR count). The normalized spacial score (nSPS) is 19.6. The van der Waals surface area contributed by atoms with Crippen molar-refractivity contribution in [1.82, 2.24) is 0 Å². The Morgan fingerprint density at radius 2 is 1.28 bits per heavy atom. The number of Topliss-reactive ketones (excluding diaryl/α,β-unsaturated/α-hetero) is 1. The third kappa shape index (κ3) is 2.18. The van der Waals surface area contributed by atoms with Crippen LogP contribution in [0.25, 0.3) is 0 Å². The fourth-order valence-corrected chi connectivity index (χ4v) is 3.16. The van der Waals surface area contributed by atoms with E-state index in [1.165, 1.54) is 17.0 Å². The van der Waals surface area contributed by atoms with E-state index < -0.39 is 17.4 Å². The Balaban J connectivity index is 1.99. The molecule has 3 aromatic rings. The highest BCUT2D eigenvalue weighted by Gasteiger charge is 2.55. The van der Waals surface area contributed by atoms with Crippen LogP contribution in [0, 0.1) is 0 Å². The van der Waals surface area contributed by atoms with E-state index in [2.05, 4.69) is 0 Å². The van der Waals surface area contributed by atoms with E-state index in [0.717, 1.165) is 0 Å². The molecule has 0 aliphatic carbocycles. The van der Waals surface area contributed by atoms with Crippen LogP contribution in [-0.2, 0) is 10.5 Å². The molecule has 4 heteroatoms. The van der Waals surface area contributed by atoms with E-state index in [1.54, 1.807) is 66.7 Å². The van der Waals surface area contributed by atoms with E-state index in [9.17, 15) is 9.59 Å². The maximum Gasteiger partial charge on any atom is 0.282 e. The highest BCUT2D eigenvalue weighted by Crippen LogP contribution is 2.44. The van der Waals surface area contributed by atoms with Gasteiger partial charge in [0, 0.05) is 16.8 Å². The molecule has 3 aromatic carbocycles. The topological polar surface area (TPSA) is 37.4 Å². The van der Waals surface area contributed by atoms with Crippen LogP contribution in [-0.4, -0.2) is 11.7 Å². The van der Waals surface area contributed by atoms with Crippen molar-refractivity contribution in [2.75, 3.05) is 4.90 Å². The molecule has 1 aliphatic heterocycles. The number of benzene rings is 3. The summed E-state index contributed by atoms with van der Waals surface area (Å²) in [5, 5.41) is 0. The van der Waals surface area contributed by atoms with Crippen molar-refractivity contribution in [2.45, 2.75) is 5.67 Å². The Kier molecular flexibility index (Phi) is 3.46. The molecule has 1 amide bonds. The van der Waals surface area contributed by atoms with Gasteiger partial charge in [0.2, 0.25) is 5.78 Å². The van der Waals surface area contributed by atoms with Gasteiger partial charge in [-0.3, -0.25) is 14.5 Å². The van der Waals surface area contributed by atoms with Gasteiger partial charge in [0.05, 0.1) is 5.69 Å². The number of carbonyl (C=O) groups is 2. The lowest BCUT2D eigenvalue weighted by molar-refractivity contribution is -0.127. The van der Waals surface area contributed by atoms with Crippen LogP contribution in [0.3, 0.4) is 0 Å². The zero-order chi connectivity index (χ0) is 17.4. The number of para-hydroxylation sites is 2. The predicted octanol–water partition coefficient (Wildman–Crippen LogP) is 4.41. The van der Waals surface area contributed by atoms with Crippen molar-refractivity contribution in [3.05, 3.63) is 96.1 Å². The van der Waals surface area contributed by atoms with Crippen molar-refractivity contribution < 1.29 is 14.0 Å². The summed E-state index contributed by atoms with van der Waals surface area (Å²) in [5.74, 6) is -1.72. The van der Waals surface area contributed by atoms with Crippen LogP contribution in [0.2, 0.25) is 0 Å². The first kappa shape index (κ1) is 15.3. The number of alkyl halides is 1. The highest BCUT2D eigenvalue weighted by molar-refractivity contribution is 6.29. The van der Waals surface area contributed by atoms with Gasteiger partial charge in [0.25, 0.3) is 11.6 Å². The molecule has 0 saturated carbocycles. The minimum Gasteiger partial charge on any atom is -0.289 e. The lowest BCUT2D eigenvalue weighted by Crippen LogP contribution is -2.51. The number of rotatable bonds is 2. The van der Waals surface area contributed by atoms with E-state index in [1.807, 2.05) is 6.07 Å². The van der Waals surface area contributed by atoms with Gasteiger partial charge in [-0.25, -0.2) is 4.39 Å². The largest absolute Gasteiger partial charge is 0.289 e. The zero-order valence-corrected chi connectivity index (χ0v) is 13.2. The summed E-state index contributed by atoms with van der Waals surface area (Å²) in [5.41, 5.74) is -1.60. The molecule has 0 aromatic heterocycles. The summed E-state index contributed by atoms with van der Waals surface area (Å²) in [6.07, 6.45) is 0. The van der Waals surface area contributed by atoms with Crippen LogP contribution in [0.1, 0.15) is 15.9 Å². The molecule has 0 fully saturated rings. The van der Waals surface area contributed by atoms with Crippen LogP contribution >= 0.6 is 0 Å². The second kappa shape index (κ2) is 5.67. The van der Waals surface area contributed by atoms with Crippen LogP contribution < -0.4 is 4.90 Å². The number of anilines is 2. The number of hydrogen-bond acceptors (Lipinski definition) is 2. The molecule has 3 nitrogen and oxygen atoms in total. The molecule has 1 atom stereocenters. The first-order chi connectivity index (χ1) is 12.1. The second-order valence-corrected chi connectivity index (χ2v) is 5.85. The van der Waals surface area contributed by atoms with Crippen molar-refractivity contribution in [3.63, 3.8) is 0 Å². The van der Waals surface area contributed by atoms with Crippen molar-refractivity contribution in [2.24, 2.45) is 0 Å². The zero-order valence-electron chi connectivity index (χ0n) is 13.2. The van der Waals surface area contributed by atoms with Crippen LogP contribution in [0.15, 0.2) is 84.9 Å². The third-order valence-electron chi connectivity index (χ3n) is 4.39. The van der Waals surface area contributed by atoms with Gasteiger partial charge in [0.1, 0.15) is 0 Å². The molecular weight excluding hydrogens is 317 g/mol. The standard InChI is InChI=1S/C21H14FNO2/c22-21(15-9-3-1-4-10-15)19(24)17-13-7-8-14-18(17)23(20(21)25)16-11-5-2-6-12-16/h1-14H. The van der Waals surface area contributed by atoms with Crippen LogP contribution in [0.4, 0.5) is 15.8 Å². The number of ketones is 1. The first-order valence-corrected chi connectivity index (χ1v) is 7.92. The summed E-state index contributed by atoms with van der Waals surface area (Å²) >= 11 is 0. The molecule has 1 aliphatic rings. The Bertz CT molecular complexity index is 956. The maximum absolute atomic E-state index is 16.0. The van der Waals surface area contributed by atoms with Gasteiger partial charge in [-0.1, -0.05) is 60.7 Å². The van der Waals surface area contributed by atoms with E-state index >= 15 is 4.39 Å². The summed E-state index contributed by atoms with van der Waals surface area (Å²) in [6, 6.07) is 23.3. The molecule has 0 spiro atoms. The van der Waals surface area contributed by atoms with Gasteiger partial charge >= 0.3 is 0 Å². The smallest absolute Gasteiger partial charge is 0.282 e. The van der Waals surface area contributed by atoms with Crippen LogP contribution in [0.5, 0.6) is 0 Å². The number of hydrogen-bond donors (Lipinski definition) is 0. The van der Waals surface area contributed by atoms with E-state index in [-0.39, 0.29) is 11.1 Å². The number of amides is 1. The molecule has 0 N–H and O–H groups in total. The van der Waals surface area contributed by atoms with E-state index in [4.69, 9.17) is 0 Å². The molecule has 0 saturated heterocycles. The Hall–Kier alpha value is -3.27. The highest BCUT2D eigenvalue weighted by atomic mass is 19.1. The maximum atomic E-state index is 16.0. The Labute approximate surface area is 144 Å². The minimum atomic E-state index is -2.74. The average Bonchev–Trinajstić information content (AvgIpc) is 2.68. The molecular formula is C21H14FNO2. The van der Waals surface area contributed by atoms with Gasteiger partial charge in [-0.2, -0.15) is 0 Å². The Morgan fingerprint density at radius 3 is 1.96 bits per heavy atom. The van der Waals surface area contributed by atoms with Gasteiger partial charge in [-0.05, 0) is 24.3 Å². The second-order valence-electron chi connectivity index (χ2n) is 5.85. The van der Waals surface area contributed by atoms with Gasteiger partial charge in [-0.15, -0.1) is 0 Å². The average molecular weight is 331 g/mol. The minimum absolute atomic E-state index is 0.0421. The van der Waals surface area contributed by atoms with Crippen molar-refractivity contribution in [1.29, 1.82) is 0 Å². The van der Waals surface area contributed by atoms with Gasteiger partial charge in [0.15, 0.2) is 0 Å². The summed E-state index contributed by atoms with van der Waals surface area (Å²) < 4.78 is 16.0. The third-order valence-corrected chi connectivity index (χ3v) is 4.39. The lowest BCUT2D eigenvalue weighted by atomic mass is 9.82. The monoisotopic (exact) mass is 331 g/mol. The predicted molar refractivity (Wildman–Crippen MR) is 93.6 cm³/mol. The number of nitrogens with zero attached hydrogens (tertiary/aromatic N) is 1. The van der Waals surface area contributed by atoms with Gasteiger partial charge < -0.3 is 0 Å². The Morgan fingerprint density at radius 1 is 0.720 bits per heavy atom. The molecule has 1 unspecified atom stereocenters. The SMILES string of the molecule is O=C1c2ccccc2N(c2ccccc2)C(=O)C1(F)c1ccccc1. The number of fused-ring (bicyclic) bond motifs is 1. The molecule has 122 valence electrons. The first-order valence-electron chi connectivity index (χ1n) is 7.92. The fourth-order valence-electron chi connectivity index (χ4n) is 3.16. The molecule has 0 radical (unpaired) electrons. The molecule has 25 heavy (non-hydrogen) atoms. The summed E-state index contributed by atoms with van der Waals surface area (Å²) in [7, 11) is 0. The fraction of sp³-hybridized carbons (Fsp3) is 0.0476. The summed E-state index contributed by atoms with van der Waals surface area (Å²) in [4.78, 5) is 27.3. The molecule has 0 bridgehead atoms. The summed E-state index contributed by atoms with van der Waals surface area (Å²) in [6.45, 7) is 0. The number of carbonyl (C=O) groups excluding carboxylic acids is 2. The van der Waals surface area contributed by atoms with E-state index in [0.29, 0.717) is 11.4 Å². The lowest BCUT2D eigenvalue weighted by Gasteiger charge is -2.36. The quantitative estimate of drug-likeness (QED) is 0.652. The van der Waals surface area contributed by atoms with Crippen molar-refractivity contribution in [3.8, 4) is 0 Å². The molecule has 1 heterocycles. The van der Waals surface area contributed by atoms with Crippen molar-refractivity contribution >= 4 is 23.1 Å².